The molecule has 0 aliphatic heterocycles. The first-order valence-corrected chi connectivity index (χ1v) is 6.76. The van der Waals surface area contributed by atoms with Crippen molar-refractivity contribution in [3.63, 3.8) is 0 Å². The fourth-order valence-electron chi connectivity index (χ4n) is 1.75. The van der Waals surface area contributed by atoms with Crippen LogP contribution in [0.5, 0.6) is 0 Å². The Morgan fingerprint density at radius 1 is 1.05 bits per heavy atom. The van der Waals surface area contributed by atoms with Gasteiger partial charge in [0.1, 0.15) is 6.10 Å². The van der Waals surface area contributed by atoms with E-state index in [4.69, 9.17) is 11.6 Å². The van der Waals surface area contributed by atoms with Gasteiger partial charge in [0.25, 0.3) is 0 Å². The van der Waals surface area contributed by atoms with Gasteiger partial charge in [0, 0.05) is 9.50 Å². The lowest BCUT2D eigenvalue weighted by atomic mass is 9.99. The van der Waals surface area contributed by atoms with Gasteiger partial charge in [0.15, 0.2) is 0 Å². The van der Waals surface area contributed by atoms with Crippen molar-refractivity contribution in [3.05, 3.63) is 68.7 Å². The maximum Gasteiger partial charge on any atom is 0.416 e. The summed E-state index contributed by atoms with van der Waals surface area (Å²) in [7, 11) is 0. The molecule has 0 amide bonds. The molecule has 0 saturated carbocycles. The third kappa shape index (κ3) is 3.34. The summed E-state index contributed by atoms with van der Waals surface area (Å²) in [4.78, 5) is 0. The molecule has 6 heteroatoms. The zero-order valence-electron chi connectivity index (χ0n) is 9.96. The van der Waals surface area contributed by atoms with Crippen LogP contribution in [0, 0.1) is 0 Å². The normalized spacial score (nSPS) is 13.3. The van der Waals surface area contributed by atoms with E-state index in [0.717, 1.165) is 12.1 Å². The maximum absolute atomic E-state index is 12.7. The highest BCUT2D eigenvalue weighted by Gasteiger charge is 2.31. The van der Waals surface area contributed by atoms with Gasteiger partial charge in [0.05, 0.1) is 5.56 Å². The van der Waals surface area contributed by atoms with Crippen LogP contribution in [-0.2, 0) is 6.18 Å². The SMILES string of the molecule is OC(c1ccc(Cl)cc1)c1cc(C(F)(F)F)ccc1Br. The Morgan fingerprint density at radius 2 is 1.65 bits per heavy atom. The van der Waals surface area contributed by atoms with Crippen LogP contribution < -0.4 is 0 Å². The van der Waals surface area contributed by atoms with E-state index < -0.39 is 17.8 Å². The average molecular weight is 366 g/mol. The summed E-state index contributed by atoms with van der Waals surface area (Å²) in [5.41, 5.74) is -0.180. The van der Waals surface area contributed by atoms with Gasteiger partial charge in [-0.2, -0.15) is 13.2 Å². The number of benzene rings is 2. The number of hydrogen-bond acceptors (Lipinski definition) is 1. The van der Waals surface area contributed by atoms with E-state index in [-0.39, 0.29) is 5.56 Å². The van der Waals surface area contributed by atoms with Crippen molar-refractivity contribution in [2.45, 2.75) is 12.3 Å². The second-order valence-corrected chi connectivity index (χ2v) is 5.48. The standard InChI is InChI=1S/C14H9BrClF3O/c15-12-6-3-9(14(17,18)19)7-11(12)13(20)8-1-4-10(16)5-2-8/h1-7,13,20H. The molecule has 1 N–H and O–H groups in total. The van der Waals surface area contributed by atoms with Crippen LogP contribution in [0.1, 0.15) is 22.8 Å². The Balaban J connectivity index is 2.43. The smallest absolute Gasteiger partial charge is 0.384 e. The lowest BCUT2D eigenvalue weighted by Gasteiger charge is -2.16. The lowest BCUT2D eigenvalue weighted by molar-refractivity contribution is -0.137. The number of halogens is 5. The molecule has 0 heterocycles. The third-order valence-corrected chi connectivity index (χ3v) is 3.78. The molecular weight excluding hydrogens is 357 g/mol. The number of rotatable bonds is 2. The summed E-state index contributed by atoms with van der Waals surface area (Å²) in [6, 6.07) is 9.45. The topological polar surface area (TPSA) is 20.2 Å². The molecule has 1 nitrogen and oxygen atoms in total. The Bertz CT molecular complexity index is 611. The Labute approximate surface area is 127 Å². The fourth-order valence-corrected chi connectivity index (χ4v) is 2.34. The molecule has 0 bridgehead atoms. The van der Waals surface area contributed by atoms with Crippen molar-refractivity contribution < 1.29 is 18.3 Å². The quantitative estimate of drug-likeness (QED) is 0.775. The minimum Gasteiger partial charge on any atom is -0.384 e. The molecule has 1 atom stereocenters. The summed E-state index contributed by atoms with van der Waals surface area (Å²) < 4.78 is 38.5. The van der Waals surface area contributed by atoms with Crippen molar-refractivity contribution in [2.24, 2.45) is 0 Å². The Kier molecular flexibility index (Phi) is 4.42. The first-order valence-electron chi connectivity index (χ1n) is 5.59. The van der Waals surface area contributed by atoms with Gasteiger partial charge in [-0.1, -0.05) is 39.7 Å². The van der Waals surface area contributed by atoms with E-state index in [1.54, 1.807) is 24.3 Å². The summed E-state index contributed by atoms with van der Waals surface area (Å²) in [6.45, 7) is 0. The molecule has 0 aliphatic carbocycles. The average Bonchev–Trinajstić information content (AvgIpc) is 2.38. The van der Waals surface area contributed by atoms with Crippen molar-refractivity contribution in [1.82, 2.24) is 0 Å². The lowest BCUT2D eigenvalue weighted by Crippen LogP contribution is -2.08. The van der Waals surface area contributed by atoms with Crippen LogP contribution in [0.15, 0.2) is 46.9 Å². The van der Waals surface area contributed by atoms with Crippen molar-refractivity contribution >= 4 is 27.5 Å². The van der Waals surface area contributed by atoms with E-state index in [1.165, 1.54) is 6.07 Å². The monoisotopic (exact) mass is 364 g/mol. The van der Waals surface area contributed by atoms with Crippen LogP contribution in [0.4, 0.5) is 13.2 Å². The van der Waals surface area contributed by atoms with Crippen molar-refractivity contribution in [1.29, 1.82) is 0 Å². The number of alkyl halides is 3. The highest BCUT2D eigenvalue weighted by molar-refractivity contribution is 9.10. The van der Waals surface area contributed by atoms with Gasteiger partial charge in [-0.3, -0.25) is 0 Å². The molecular formula is C14H9BrClF3O. The van der Waals surface area contributed by atoms with E-state index in [9.17, 15) is 18.3 Å². The van der Waals surface area contributed by atoms with E-state index in [2.05, 4.69) is 15.9 Å². The van der Waals surface area contributed by atoms with Crippen LogP contribution >= 0.6 is 27.5 Å². The van der Waals surface area contributed by atoms with Crippen molar-refractivity contribution in [2.75, 3.05) is 0 Å². The number of hydrogen-bond donors (Lipinski definition) is 1. The Morgan fingerprint density at radius 3 is 2.20 bits per heavy atom. The van der Waals surface area contributed by atoms with Gasteiger partial charge in [-0.25, -0.2) is 0 Å². The molecule has 0 radical (unpaired) electrons. The molecule has 0 aliphatic rings. The predicted molar refractivity (Wildman–Crippen MR) is 74.7 cm³/mol. The van der Waals surface area contributed by atoms with E-state index in [0.29, 0.717) is 15.1 Å². The fraction of sp³-hybridized carbons (Fsp3) is 0.143. The minimum absolute atomic E-state index is 0.155. The number of aliphatic hydroxyl groups is 1. The molecule has 20 heavy (non-hydrogen) atoms. The molecule has 106 valence electrons. The number of aliphatic hydroxyl groups excluding tert-OH is 1. The summed E-state index contributed by atoms with van der Waals surface area (Å²) in [6.07, 6.45) is -5.61. The molecule has 0 aromatic heterocycles. The van der Waals surface area contributed by atoms with E-state index in [1.807, 2.05) is 0 Å². The molecule has 2 aromatic carbocycles. The van der Waals surface area contributed by atoms with Crippen LogP contribution in [0.3, 0.4) is 0 Å². The van der Waals surface area contributed by atoms with Gasteiger partial charge in [0.2, 0.25) is 0 Å². The first-order chi connectivity index (χ1) is 9.29. The third-order valence-electron chi connectivity index (χ3n) is 2.80. The van der Waals surface area contributed by atoms with Gasteiger partial charge >= 0.3 is 6.18 Å². The Hall–Kier alpha value is -1.04. The molecule has 0 fully saturated rings. The summed E-state index contributed by atoms with van der Waals surface area (Å²) in [5.74, 6) is 0. The van der Waals surface area contributed by atoms with Gasteiger partial charge < -0.3 is 5.11 Å². The summed E-state index contributed by atoms with van der Waals surface area (Å²) in [5, 5.41) is 10.7. The second kappa shape index (κ2) is 5.76. The highest BCUT2D eigenvalue weighted by Crippen LogP contribution is 2.35. The molecule has 2 rings (SSSR count). The zero-order chi connectivity index (χ0) is 14.9. The first kappa shape index (κ1) is 15.4. The zero-order valence-corrected chi connectivity index (χ0v) is 12.3. The van der Waals surface area contributed by atoms with Gasteiger partial charge in [-0.05, 0) is 41.5 Å². The van der Waals surface area contributed by atoms with Crippen LogP contribution in [-0.4, -0.2) is 5.11 Å². The molecule has 0 saturated heterocycles. The second-order valence-electron chi connectivity index (χ2n) is 4.19. The predicted octanol–water partition coefficient (Wildman–Crippen LogP) is 5.20. The van der Waals surface area contributed by atoms with Crippen molar-refractivity contribution in [3.8, 4) is 0 Å². The molecule has 0 spiro atoms. The molecule has 1 unspecified atom stereocenters. The molecule has 2 aromatic rings. The minimum atomic E-state index is -4.45. The summed E-state index contributed by atoms with van der Waals surface area (Å²) >= 11 is 8.90. The van der Waals surface area contributed by atoms with Crippen LogP contribution in [0.25, 0.3) is 0 Å². The van der Waals surface area contributed by atoms with Gasteiger partial charge in [-0.15, -0.1) is 0 Å². The largest absolute Gasteiger partial charge is 0.416 e. The maximum atomic E-state index is 12.7. The highest BCUT2D eigenvalue weighted by atomic mass is 79.9. The van der Waals surface area contributed by atoms with Crippen LogP contribution in [0.2, 0.25) is 5.02 Å². The van der Waals surface area contributed by atoms with E-state index >= 15 is 0 Å².